The van der Waals surface area contributed by atoms with Crippen molar-refractivity contribution in [3.63, 3.8) is 0 Å². The Balaban J connectivity index is 0.000000292. The number of hydrogen-bond donors (Lipinski definition) is 2. The number of rotatable bonds is 0. The molecule has 0 radical (unpaired) electrons. The Morgan fingerprint density at radius 2 is 1.71 bits per heavy atom. The highest BCUT2D eigenvalue weighted by Crippen LogP contribution is 1.97. The first-order valence-electron chi connectivity index (χ1n) is 3.19. The van der Waals surface area contributed by atoms with Crippen LogP contribution in [0.1, 0.15) is 0 Å². The van der Waals surface area contributed by atoms with E-state index >= 15 is 0 Å². The summed E-state index contributed by atoms with van der Waals surface area (Å²) in [6.07, 6.45) is 1.55. The minimum absolute atomic E-state index is 0.565. The summed E-state index contributed by atoms with van der Waals surface area (Å²) in [4.78, 5) is 0. The van der Waals surface area contributed by atoms with Crippen LogP contribution in [0.3, 0.4) is 0 Å². The maximum atomic E-state index is 8.49. The molecule has 0 saturated heterocycles. The van der Waals surface area contributed by atoms with Gasteiger partial charge in [-0.1, -0.05) is 5.10 Å². The highest BCUT2D eigenvalue weighted by atomic mass is 35.7. The smallest absolute Gasteiger partial charge is 0.294 e. The third-order valence-corrected chi connectivity index (χ3v) is 1.07. The molecule has 1 aromatic heterocycles. The molecule has 0 aliphatic carbocycles. The monoisotopic (exact) mass is 224 g/mol. The lowest BCUT2D eigenvalue weighted by atomic mass is 10.5. The lowest BCUT2D eigenvalue weighted by Crippen LogP contribution is -2.68. The van der Waals surface area contributed by atoms with Crippen LogP contribution in [0.25, 0.3) is 0 Å². The minimum Gasteiger partial charge on any atom is -0.397 e. The van der Waals surface area contributed by atoms with Gasteiger partial charge in [0.15, 0.2) is 0 Å². The van der Waals surface area contributed by atoms with Crippen molar-refractivity contribution in [2.45, 2.75) is 0 Å². The van der Waals surface area contributed by atoms with E-state index in [1.807, 2.05) is 0 Å². The van der Waals surface area contributed by atoms with Crippen molar-refractivity contribution in [2.75, 3.05) is 11.5 Å². The fraction of sp³-hybridized carbons (Fsp3) is 0.200. The molecule has 0 amide bonds. The summed E-state index contributed by atoms with van der Waals surface area (Å²) in [5.41, 5.74) is 11.4. The molecule has 1 aromatic rings. The normalized spacial score (nSPS) is 10.4. The van der Waals surface area contributed by atoms with Crippen molar-refractivity contribution in [2.24, 2.45) is 7.05 Å². The lowest BCUT2D eigenvalue weighted by Gasteiger charge is -2.17. The van der Waals surface area contributed by atoms with Crippen molar-refractivity contribution in [3.05, 3.63) is 12.3 Å². The quantitative estimate of drug-likeness (QED) is 0.415. The molecule has 0 unspecified atom stereocenters. The maximum Gasteiger partial charge on any atom is 0.294 e. The van der Waals surface area contributed by atoms with Gasteiger partial charge in [-0.15, -0.1) is 14.9 Å². The van der Waals surface area contributed by atoms with Gasteiger partial charge in [-0.05, 0) is 0 Å². The average molecular weight is 225 g/mol. The van der Waals surface area contributed by atoms with Gasteiger partial charge in [-0.25, -0.2) is 18.6 Å². The highest BCUT2D eigenvalue weighted by Gasteiger charge is 1.97. The van der Waals surface area contributed by atoms with Gasteiger partial charge in [0, 0.05) is 0 Å². The molecule has 0 fully saturated rings. The number of aryl methyl sites for hydroxylation is 1. The van der Waals surface area contributed by atoms with Gasteiger partial charge in [-0.3, -0.25) is 5.73 Å². The molecule has 0 aliphatic rings. The van der Waals surface area contributed by atoms with Gasteiger partial charge >= 0.3 is 0 Å². The second-order valence-corrected chi connectivity index (χ2v) is 2.97. The Hall–Kier alpha value is -1.19. The molecule has 8 nitrogen and oxygen atoms in total. The Morgan fingerprint density at radius 3 is 2.00 bits per heavy atom. The van der Waals surface area contributed by atoms with Crippen LogP contribution in [0, 0.1) is 10.2 Å². The number of halogens is 1. The van der Waals surface area contributed by atoms with Crippen LogP contribution in [0.15, 0.2) is 12.3 Å². The molecule has 9 heteroatoms. The molecule has 4 N–H and O–H groups in total. The third kappa shape index (κ3) is 7.46. The minimum atomic E-state index is -4.94. The Bertz CT molecular complexity index is 296. The van der Waals surface area contributed by atoms with E-state index in [9.17, 15) is 0 Å². The van der Waals surface area contributed by atoms with Crippen LogP contribution in [0.4, 0.5) is 11.5 Å². The summed E-state index contributed by atoms with van der Waals surface area (Å²) in [6, 6.07) is 1.66. The third-order valence-electron chi connectivity index (χ3n) is 1.07. The SMILES string of the molecule is C[n+]1ncc(N)cc1N.[O-][Cl+3]([O-])([O-])[O-]. The molecule has 80 valence electrons. The van der Waals surface area contributed by atoms with Crippen molar-refractivity contribution in [1.82, 2.24) is 5.10 Å². The van der Waals surface area contributed by atoms with E-state index < -0.39 is 10.2 Å². The predicted octanol–water partition coefficient (Wildman–Crippen LogP) is -5.69. The zero-order valence-corrected chi connectivity index (χ0v) is 7.97. The predicted molar refractivity (Wildman–Crippen MR) is 34.2 cm³/mol. The summed E-state index contributed by atoms with van der Waals surface area (Å²) in [6.45, 7) is 0. The van der Waals surface area contributed by atoms with E-state index in [1.54, 1.807) is 24.0 Å². The van der Waals surface area contributed by atoms with Gasteiger partial charge < -0.3 is 5.73 Å². The number of hydrogen-bond acceptors (Lipinski definition) is 7. The van der Waals surface area contributed by atoms with E-state index in [2.05, 4.69) is 5.10 Å². The summed E-state index contributed by atoms with van der Waals surface area (Å²) < 4.78 is 35.5. The van der Waals surface area contributed by atoms with Crippen LogP contribution < -0.4 is 34.8 Å². The van der Waals surface area contributed by atoms with Crippen molar-refractivity contribution in [1.29, 1.82) is 0 Å². The fourth-order valence-corrected chi connectivity index (χ4v) is 0.521. The zero-order chi connectivity index (χ0) is 11.4. The van der Waals surface area contributed by atoms with Gasteiger partial charge in [0.25, 0.3) is 5.82 Å². The summed E-state index contributed by atoms with van der Waals surface area (Å²) in [7, 11) is -3.19. The lowest BCUT2D eigenvalue weighted by molar-refractivity contribution is -2.00. The van der Waals surface area contributed by atoms with Gasteiger partial charge in [0.2, 0.25) is 0 Å². The molecule has 1 heterocycles. The number of nitrogens with two attached hydrogens (primary N) is 2. The first-order valence-corrected chi connectivity index (χ1v) is 4.42. The van der Waals surface area contributed by atoms with Crippen LogP contribution >= 0.6 is 0 Å². The Labute approximate surface area is 81.7 Å². The topological polar surface area (TPSA) is 161 Å². The van der Waals surface area contributed by atoms with Gasteiger partial charge in [0.05, 0.1) is 18.0 Å². The largest absolute Gasteiger partial charge is 0.397 e. The van der Waals surface area contributed by atoms with Crippen molar-refractivity contribution >= 4 is 11.5 Å². The molecular weight excluding hydrogens is 216 g/mol. The molecule has 0 saturated carbocycles. The molecule has 14 heavy (non-hydrogen) atoms. The van der Waals surface area contributed by atoms with E-state index in [0.29, 0.717) is 11.5 Å². The molecule has 0 atom stereocenters. The van der Waals surface area contributed by atoms with Gasteiger partial charge in [-0.2, -0.15) is 0 Å². The molecule has 0 spiro atoms. The molecule has 1 rings (SSSR count). The average Bonchev–Trinajstić information content (AvgIpc) is 1.94. The molecule has 0 bridgehead atoms. The summed E-state index contributed by atoms with van der Waals surface area (Å²) in [5.74, 6) is 0.565. The van der Waals surface area contributed by atoms with Crippen molar-refractivity contribution < 1.29 is 33.6 Å². The summed E-state index contributed by atoms with van der Waals surface area (Å²) in [5, 5.41) is 3.84. The van der Waals surface area contributed by atoms with E-state index in [4.69, 9.17) is 30.1 Å². The van der Waals surface area contributed by atoms with E-state index in [-0.39, 0.29) is 0 Å². The van der Waals surface area contributed by atoms with Crippen LogP contribution in [0.5, 0.6) is 0 Å². The maximum absolute atomic E-state index is 8.49. The second-order valence-electron chi connectivity index (χ2n) is 2.22. The van der Waals surface area contributed by atoms with Crippen LogP contribution in [-0.4, -0.2) is 5.10 Å². The molecular formula is C5H9ClN4O4. The summed E-state index contributed by atoms with van der Waals surface area (Å²) >= 11 is 0. The van der Waals surface area contributed by atoms with Gasteiger partial charge in [0.1, 0.15) is 7.05 Å². The van der Waals surface area contributed by atoms with Crippen molar-refractivity contribution in [3.8, 4) is 0 Å². The fourth-order valence-electron chi connectivity index (χ4n) is 0.521. The number of aromatic nitrogens is 2. The number of nitrogen functional groups attached to an aromatic ring is 2. The first kappa shape index (κ1) is 12.8. The van der Waals surface area contributed by atoms with Crippen LogP contribution in [-0.2, 0) is 7.05 Å². The highest BCUT2D eigenvalue weighted by molar-refractivity contribution is 5.40. The Kier molecular flexibility index (Phi) is 4.47. The first-order chi connectivity index (χ1) is 6.20. The van der Waals surface area contributed by atoms with E-state index in [1.165, 1.54) is 0 Å². The standard InChI is InChI=1S/C5H8N4.ClHO4/c1-9-5(7)2-4(6)3-8-9;2-1(3,4)5/h2-3H,1H3,(H3,6,7);(H,2,3,4,5). The van der Waals surface area contributed by atoms with E-state index in [0.717, 1.165) is 0 Å². The number of anilines is 2. The van der Waals surface area contributed by atoms with Crippen LogP contribution in [0.2, 0.25) is 0 Å². The molecule has 0 aromatic carbocycles. The zero-order valence-electron chi connectivity index (χ0n) is 7.21. The molecule has 0 aliphatic heterocycles. The second kappa shape index (κ2) is 4.88. The Morgan fingerprint density at radius 1 is 1.29 bits per heavy atom. The number of nitrogens with zero attached hydrogens (tertiary/aromatic N) is 2.